The number of nitrogens with one attached hydrogen (secondary N) is 1. The van der Waals surface area contributed by atoms with Crippen molar-refractivity contribution in [2.75, 3.05) is 13.6 Å². The molecule has 1 aliphatic carbocycles. The predicted octanol–water partition coefficient (Wildman–Crippen LogP) is 8.02. The van der Waals surface area contributed by atoms with Gasteiger partial charge in [-0.25, -0.2) is 0 Å². The maximum atomic E-state index is 11.9. The van der Waals surface area contributed by atoms with Crippen molar-refractivity contribution in [2.24, 2.45) is 17.6 Å². The summed E-state index contributed by atoms with van der Waals surface area (Å²) in [5.41, 5.74) is 9.07. The Morgan fingerprint density at radius 2 is 1.85 bits per heavy atom. The number of benzene rings is 1. The first-order valence-electron chi connectivity index (χ1n) is 15.6. The second-order valence-corrected chi connectivity index (χ2v) is 11.9. The Bertz CT molecular complexity index is 901. The number of halogens is 1. The molecule has 1 unspecified atom stereocenters. The van der Waals surface area contributed by atoms with Crippen LogP contribution < -0.4 is 11.1 Å². The highest BCUT2D eigenvalue weighted by Gasteiger charge is 2.36. The summed E-state index contributed by atoms with van der Waals surface area (Å²) in [5.74, 6) is 0.0378. The Morgan fingerprint density at radius 1 is 1.18 bits per heavy atom. The van der Waals surface area contributed by atoms with Gasteiger partial charge in [-0.15, -0.1) is 0 Å². The zero-order chi connectivity index (χ0) is 30.0. The Hall–Kier alpha value is -1.89. The SMILES string of the molecule is CCC.CCCCCC(C)CCc1ccc([C@](N)(NC)/C(=C\N(C=O)CCCC(=O)O)C2CCCCC2)cc1Cl. The van der Waals surface area contributed by atoms with Gasteiger partial charge < -0.3 is 15.7 Å². The fourth-order valence-corrected chi connectivity index (χ4v) is 5.70. The van der Waals surface area contributed by atoms with Crippen molar-refractivity contribution in [3.63, 3.8) is 0 Å². The lowest BCUT2D eigenvalue weighted by atomic mass is 9.76. The number of aliphatic carboxylic acids is 1. The van der Waals surface area contributed by atoms with Gasteiger partial charge in [-0.1, -0.05) is 103 Å². The molecule has 0 heterocycles. The number of hydrogen-bond acceptors (Lipinski definition) is 4. The number of nitrogens with zero attached hydrogens (tertiary/aromatic N) is 1. The first-order valence-corrected chi connectivity index (χ1v) is 16.0. The maximum absolute atomic E-state index is 11.9. The minimum absolute atomic E-state index is 0.0189. The molecule has 2 rings (SSSR count). The average molecular weight is 578 g/mol. The van der Waals surface area contributed by atoms with Gasteiger partial charge in [-0.3, -0.25) is 14.9 Å². The third-order valence-corrected chi connectivity index (χ3v) is 8.21. The Morgan fingerprint density at radius 3 is 2.40 bits per heavy atom. The van der Waals surface area contributed by atoms with Gasteiger partial charge in [0.15, 0.2) is 0 Å². The van der Waals surface area contributed by atoms with E-state index in [9.17, 15) is 9.59 Å². The van der Waals surface area contributed by atoms with E-state index >= 15 is 0 Å². The van der Waals surface area contributed by atoms with Gasteiger partial charge >= 0.3 is 5.97 Å². The number of carbonyl (C=O) groups is 2. The van der Waals surface area contributed by atoms with Gasteiger partial charge in [0.1, 0.15) is 5.66 Å². The fraction of sp³-hybridized carbons (Fsp3) is 0.697. The molecule has 0 saturated heterocycles. The summed E-state index contributed by atoms with van der Waals surface area (Å²) in [6, 6.07) is 6.13. The second-order valence-electron chi connectivity index (χ2n) is 11.5. The molecule has 1 saturated carbocycles. The topological polar surface area (TPSA) is 95.7 Å². The van der Waals surface area contributed by atoms with Gasteiger partial charge in [0.05, 0.1) is 0 Å². The monoisotopic (exact) mass is 577 g/mol. The van der Waals surface area contributed by atoms with Crippen molar-refractivity contribution in [1.29, 1.82) is 0 Å². The standard InChI is InChI=1S/C30H48ClN3O3.C3H8/c1-4-5-7-11-23(2)15-16-25-17-18-26(20-28(25)31)30(32,33-3)27(24-12-8-6-9-13-24)21-34(22-35)19-10-14-29(36)37;1-3-2/h17-18,20-24,33H,4-16,19,32H2,1-3H3,(H,36,37);3H2,1-2H3/b27-21-;/t23?,30-;/m0./s1. The summed E-state index contributed by atoms with van der Waals surface area (Å²) < 4.78 is 0. The van der Waals surface area contributed by atoms with Crippen molar-refractivity contribution in [3.8, 4) is 0 Å². The maximum Gasteiger partial charge on any atom is 0.303 e. The third-order valence-electron chi connectivity index (χ3n) is 7.86. The minimum atomic E-state index is -0.994. The van der Waals surface area contributed by atoms with E-state index in [1.54, 1.807) is 4.90 Å². The smallest absolute Gasteiger partial charge is 0.303 e. The zero-order valence-electron chi connectivity index (χ0n) is 25.8. The van der Waals surface area contributed by atoms with Gasteiger partial charge in [0.2, 0.25) is 6.41 Å². The molecule has 1 fully saturated rings. The number of amides is 1. The molecule has 6 nitrogen and oxygen atoms in total. The molecular formula is C33H56ClN3O3. The zero-order valence-corrected chi connectivity index (χ0v) is 26.6. The van der Waals surface area contributed by atoms with Crippen molar-refractivity contribution in [3.05, 3.63) is 46.1 Å². The Balaban J connectivity index is 0.00000254. The molecule has 1 amide bonds. The number of carboxylic acid groups (broad SMARTS) is 1. The van der Waals surface area contributed by atoms with E-state index in [1.165, 1.54) is 38.5 Å². The molecule has 1 aliphatic rings. The first-order chi connectivity index (χ1) is 19.2. The predicted molar refractivity (Wildman–Crippen MR) is 168 cm³/mol. The molecular weight excluding hydrogens is 522 g/mol. The van der Waals surface area contributed by atoms with Crippen LogP contribution in [0.25, 0.3) is 0 Å². The average Bonchev–Trinajstić information content (AvgIpc) is 2.94. The minimum Gasteiger partial charge on any atom is -0.481 e. The molecule has 4 N–H and O–H groups in total. The normalized spacial score (nSPS) is 16.4. The van der Waals surface area contributed by atoms with Crippen LogP contribution in [0.1, 0.15) is 122 Å². The lowest BCUT2D eigenvalue weighted by Crippen LogP contribution is -2.52. The number of carboxylic acids is 1. The van der Waals surface area contributed by atoms with Crippen LogP contribution in [0.5, 0.6) is 0 Å². The molecule has 0 spiro atoms. The highest BCUT2D eigenvalue weighted by Crippen LogP contribution is 2.39. The molecule has 40 heavy (non-hydrogen) atoms. The molecule has 7 heteroatoms. The van der Waals surface area contributed by atoms with Crippen molar-refractivity contribution < 1.29 is 14.7 Å². The number of nitrogens with two attached hydrogens (primary N) is 1. The van der Waals surface area contributed by atoms with Crippen molar-refractivity contribution in [1.82, 2.24) is 10.2 Å². The Labute approximate surface area is 249 Å². The lowest BCUT2D eigenvalue weighted by Gasteiger charge is -2.39. The van der Waals surface area contributed by atoms with E-state index in [0.717, 1.165) is 66.7 Å². The molecule has 0 radical (unpaired) electrons. The molecule has 228 valence electrons. The summed E-state index contributed by atoms with van der Waals surface area (Å²) in [6.07, 6.45) is 16.9. The second kappa shape index (κ2) is 20.1. The lowest BCUT2D eigenvalue weighted by molar-refractivity contribution is -0.137. The van der Waals surface area contributed by atoms with Crippen LogP contribution in [-0.4, -0.2) is 36.0 Å². The number of likely N-dealkylation sites (N-methyl/N-ethyl adjacent to an activating group) is 1. The number of unbranched alkanes of at least 4 members (excludes halogenated alkanes) is 2. The summed E-state index contributed by atoms with van der Waals surface area (Å²) in [5, 5.41) is 13.1. The van der Waals surface area contributed by atoms with E-state index < -0.39 is 11.6 Å². The van der Waals surface area contributed by atoms with Crippen LogP contribution in [0.15, 0.2) is 30.0 Å². The number of carbonyl (C=O) groups excluding carboxylic acids is 1. The fourth-order valence-electron chi connectivity index (χ4n) is 5.42. The van der Waals surface area contributed by atoms with E-state index in [-0.39, 0.29) is 12.3 Å². The van der Waals surface area contributed by atoms with Gasteiger partial charge in [-0.2, -0.15) is 0 Å². The van der Waals surface area contributed by atoms with Crippen LogP contribution in [0.4, 0.5) is 0 Å². The van der Waals surface area contributed by atoms with Crippen LogP contribution in [0, 0.1) is 11.8 Å². The van der Waals surface area contributed by atoms with Gasteiger partial charge in [0, 0.05) is 24.2 Å². The molecule has 1 aromatic rings. The highest BCUT2D eigenvalue weighted by molar-refractivity contribution is 6.31. The van der Waals surface area contributed by atoms with Gasteiger partial charge in [-0.05, 0) is 73.8 Å². The summed E-state index contributed by atoms with van der Waals surface area (Å²) in [4.78, 5) is 24.4. The van der Waals surface area contributed by atoms with Crippen LogP contribution >= 0.6 is 11.6 Å². The molecule has 0 aliphatic heterocycles. The van der Waals surface area contributed by atoms with E-state index in [4.69, 9.17) is 22.4 Å². The summed E-state index contributed by atoms with van der Waals surface area (Å²) in [7, 11) is 1.84. The van der Waals surface area contributed by atoms with Crippen molar-refractivity contribution >= 4 is 24.0 Å². The summed E-state index contributed by atoms with van der Waals surface area (Å²) in [6.45, 7) is 9.14. The molecule has 1 aromatic carbocycles. The third kappa shape index (κ3) is 12.3. The molecule has 0 bridgehead atoms. The molecule has 0 aromatic heterocycles. The van der Waals surface area contributed by atoms with Crippen LogP contribution in [-0.2, 0) is 21.7 Å². The highest BCUT2D eigenvalue weighted by atomic mass is 35.5. The number of rotatable bonds is 17. The Kier molecular flexibility index (Phi) is 18.1. The van der Waals surface area contributed by atoms with E-state index in [1.807, 2.05) is 19.3 Å². The summed E-state index contributed by atoms with van der Waals surface area (Å²) >= 11 is 6.80. The quantitative estimate of drug-likeness (QED) is 0.0989. The van der Waals surface area contributed by atoms with E-state index in [2.05, 4.69) is 45.1 Å². The first kappa shape index (κ1) is 36.1. The van der Waals surface area contributed by atoms with Gasteiger partial charge in [0.25, 0.3) is 0 Å². The largest absolute Gasteiger partial charge is 0.481 e. The van der Waals surface area contributed by atoms with E-state index in [0.29, 0.717) is 18.9 Å². The van der Waals surface area contributed by atoms with Crippen LogP contribution in [0.3, 0.4) is 0 Å². The number of hydrogen-bond donors (Lipinski definition) is 3. The molecule has 2 atom stereocenters. The van der Waals surface area contributed by atoms with Crippen molar-refractivity contribution in [2.45, 2.75) is 123 Å². The van der Waals surface area contributed by atoms with Crippen LogP contribution in [0.2, 0.25) is 5.02 Å². The number of aryl methyl sites for hydroxylation is 1.